The number of hydrogen-bond donors (Lipinski definition) is 4. The molecule has 0 fully saturated rings. The number of ether oxygens (including phenoxy) is 2. The highest BCUT2D eigenvalue weighted by atomic mass is 31.2. The Hall–Kier alpha value is -2.11. The number of aliphatic hydroxyl groups excluding tert-OH is 3. The Balaban J connectivity index is 4.47. The molecule has 55 heavy (non-hydrogen) atoms. The summed E-state index contributed by atoms with van der Waals surface area (Å²) in [6, 6.07) is 0. The SMILES string of the molecule is CCCCC/C=C\C[C@@H](O)/C=C/C=C\C/C=C\CCCC(=O)OC[C@H](COP(=O)(O)OC[C@@H](O)CO)OC(=O)CCCCCCCCCCCCCC(C)C. The van der Waals surface area contributed by atoms with Crippen LogP contribution in [0, 0.1) is 5.92 Å². The maximum Gasteiger partial charge on any atom is 0.472 e. The third kappa shape index (κ3) is 38.5. The van der Waals surface area contributed by atoms with Gasteiger partial charge in [0.2, 0.25) is 0 Å². The standard InChI is InChI=1S/C43H77O11P/c1-4-5-6-7-20-25-30-39(45)31-26-21-16-13-14-17-22-27-32-42(47)51-36-41(37-53-55(49,50)52-35-40(46)34-44)54-43(48)33-28-23-18-12-10-8-9-11-15-19-24-29-38(2)3/h14,16-17,20-21,25-26,31,38-41,44-46H,4-13,15,18-19,22-24,27-30,32-37H2,1-3H3,(H,49,50)/b17-14-,21-16-,25-20-,31-26+/t39-,40+,41-/m1/s1. The molecule has 0 rings (SSSR count). The lowest BCUT2D eigenvalue weighted by atomic mass is 10.0. The van der Waals surface area contributed by atoms with Crippen LogP contribution in [0.15, 0.2) is 48.6 Å². The topological polar surface area (TPSA) is 169 Å². The normalized spacial score (nSPS) is 15.1. The van der Waals surface area contributed by atoms with Crippen molar-refractivity contribution >= 4 is 19.8 Å². The number of carbonyl (C=O) groups excluding carboxylic acids is 2. The number of aliphatic hydroxyl groups is 3. The number of phosphoric ester groups is 1. The largest absolute Gasteiger partial charge is 0.472 e. The number of phosphoric acid groups is 1. The summed E-state index contributed by atoms with van der Waals surface area (Å²) in [6.07, 6.45) is 34.0. The van der Waals surface area contributed by atoms with Gasteiger partial charge in [-0.25, -0.2) is 4.57 Å². The molecule has 0 saturated carbocycles. The van der Waals surface area contributed by atoms with Gasteiger partial charge in [0.15, 0.2) is 6.10 Å². The molecular weight excluding hydrogens is 723 g/mol. The second kappa shape index (κ2) is 37.5. The first kappa shape index (κ1) is 52.9. The molecule has 11 nitrogen and oxygen atoms in total. The number of allylic oxidation sites excluding steroid dienone is 6. The van der Waals surface area contributed by atoms with Crippen LogP contribution in [0.3, 0.4) is 0 Å². The Morgan fingerprint density at radius 1 is 0.673 bits per heavy atom. The Morgan fingerprint density at radius 2 is 1.27 bits per heavy atom. The minimum absolute atomic E-state index is 0.133. The van der Waals surface area contributed by atoms with Crippen LogP contribution >= 0.6 is 7.82 Å². The van der Waals surface area contributed by atoms with E-state index in [0.717, 1.165) is 31.6 Å². The van der Waals surface area contributed by atoms with Gasteiger partial charge in [0, 0.05) is 12.8 Å². The highest BCUT2D eigenvalue weighted by Gasteiger charge is 2.27. The predicted molar refractivity (Wildman–Crippen MR) is 220 cm³/mol. The van der Waals surface area contributed by atoms with Crippen LogP contribution in [0.1, 0.15) is 162 Å². The molecule has 0 heterocycles. The van der Waals surface area contributed by atoms with Crippen molar-refractivity contribution in [2.24, 2.45) is 5.92 Å². The van der Waals surface area contributed by atoms with Gasteiger partial charge in [-0.1, -0.05) is 153 Å². The quantitative estimate of drug-likeness (QED) is 0.0154. The van der Waals surface area contributed by atoms with Crippen molar-refractivity contribution in [1.29, 1.82) is 0 Å². The number of carbonyl (C=O) groups is 2. The molecule has 0 amide bonds. The summed E-state index contributed by atoms with van der Waals surface area (Å²) in [5.74, 6) is -0.242. The van der Waals surface area contributed by atoms with E-state index in [0.29, 0.717) is 32.1 Å². The molecular formula is C43H77O11P. The zero-order chi connectivity index (χ0) is 40.8. The maximum atomic E-state index is 12.6. The van der Waals surface area contributed by atoms with Gasteiger partial charge < -0.3 is 29.7 Å². The zero-order valence-corrected chi connectivity index (χ0v) is 35.3. The minimum Gasteiger partial charge on any atom is -0.462 e. The van der Waals surface area contributed by atoms with Crippen LogP contribution in [0.5, 0.6) is 0 Å². The van der Waals surface area contributed by atoms with E-state index in [2.05, 4.69) is 31.4 Å². The van der Waals surface area contributed by atoms with Gasteiger partial charge in [0.1, 0.15) is 12.7 Å². The third-order valence-corrected chi connectivity index (χ3v) is 9.70. The summed E-state index contributed by atoms with van der Waals surface area (Å²) < 4.78 is 32.6. The summed E-state index contributed by atoms with van der Waals surface area (Å²) in [6.45, 7) is 4.50. The molecule has 4 atom stereocenters. The van der Waals surface area contributed by atoms with Crippen molar-refractivity contribution in [3.8, 4) is 0 Å². The molecule has 0 saturated heterocycles. The Morgan fingerprint density at radius 3 is 1.93 bits per heavy atom. The smallest absolute Gasteiger partial charge is 0.462 e. The molecule has 0 aromatic rings. The van der Waals surface area contributed by atoms with Crippen molar-refractivity contribution in [3.63, 3.8) is 0 Å². The van der Waals surface area contributed by atoms with Gasteiger partial charge in [-0.3, -0.25) is 18.6 Å². The molecule has 0 aliphatic carbocycles. The number of unbranched alkanes of at least 4 members (excludes halogenated alkanes) is 14. The Labute approximate surface area is 333 Å². The van der Waals surface area contributed by atoms with Crippen molar-refractivity contribution in [3.05, 3.63) is 48.6 Å². The number of rotatable bonds is 38. The summed E-state index contributed by atoms with van der Waals surface area (Å²) in [4.78, 5) is 34.9. The predicted octanol–water partition coefficient (Wildman–Crippen LogP) is 9.77. The van der Waals surface area contributed by atoms with Crippen LogP contribution in [0.2, 0.25) is 0 Å². The van der Waals surface area contributed by atoms with Crippen molar-refractivity contribution in [2.45, 2.75) is 180 Å². The molecule has 0 aliphatic heterocycles. The van der Waals surface area contributed by atoms with Crippen molar-refractivity contribution < 1.29 is 52.9 Å². The van der Waals surface area contributed by atoms with Crippen LogP contribution in [-0.4, -0.2) is 76.9 Å². The summed E-state index contributed by atoms with van der Waals surface area (Å²) >= 11 is 0. The zero-order valence-electron chi connectivity index (χ0n) is 34.4. The van der Waals surface area contributed by atoms with E-state index in [1.165, 1.54) is 70.6 Å². The number of hydrogen-bond acceptors (Lipinski definition) is 10. The molecule has 0 aromatic carbocycles. The first-order valence-electron chi connectivity index (χ1n) is 21.1. The van der Waals surface area contributed by atoms with E-state index >= 15 is 0 Å². The average Bonchev–Trinajstić information content (AvgIpc) is 3.15. The fourth-order valence-corrected chi connectivity index (χ4v) is 6.22. The van der Waals surface area contributed by atoms with E-state index < -0.39 is 57.9 Å². The van der Waals surface area contributed by atoms with E-state index in [1.807, 2.05) is 36.5 Å². The fourth-order valence-electron chi connectivity index (χ4n) is 5.43. The van der Waals surface area contributed by atoms with E-state index in [1.54, 1.807) is 6.08 Å². The van der Waals surface area contributed by atoms with Gasteiger partial charge in [-0.2, -0.15) is 0 Å². The maximum absolute atomic E-state index is 12.6. The van der Waals surface area contributed by atoms with Gasteiger partial charge >= 0.3 is 19.8 Å². The van der Waals surface area contributed by atoms with Crippen LogP contribution in [0.25, 0.3) is 0 Å². The summed E-state index contributed by atoms with van der Waals surface area (Å²) in [7, 11) is -4.64. The highest BCUT2D eigenvalue weighted by Crippen LogP contribution is 2.43. The number of esters is 2. The third-order valence-electron chi connectivity index (χ3n) is 8.74. The molecule has 0 aromatic heterocycles. The second-order valence-electron chi connectivity index (χ2n) is 14.7. The molecule has 4 N–H and O–H groups in total. The monoisotopic (exact) mass is 801 g/mol. The molecule has 0 spiro atoms. The fraction of sp³-hybridized carbons (Fsp3) is 0.767. The van der Waals surface area contributed by atoms with E-state index in [9.17, 15) is 29.3 Å². The average molecular weight is 801 g/mol. The lowest BCUT2D eigenvalue weighted by Crippen LogP contribution is -2.29. The summed E-state index contributed by atoms with van der Waals surface area (Å²) in [5.41, 5.74) is 0. The molecule has 0 bridgehead atoms. The first-order valence-corrected chi connectivity index (χ1v) is 22.6. The first-order chi connectivity index (χ1) is 26.5. The van der Waals surface area contributed by atoms with Gasteiger partial charge in [0.25, 0.3) is 0 Å². The highest BCUT2D eigenvalue weighted by molar-refractivity contribution is 7.47. The van der Waals surface area contributed by atoms with Gasteiger partial charge in [-0.05, 0) is 50.9 Å². The molecule has 1 unspecified atom stereocenters. The van der Waals surface area contributed by atoms with Crippen LogP contribution in [-0.2, 0) is 32.7 Å². The van der Waals surface area contributed by atoms with Crippen molar-refractivity contribution in [2.75, 3.05) is 26.4 Å². The second-order valence-corrected chi connectivity index (χ2v) is 16.1. The van der Waals surface area contributed by atoms with Gasteiger partial charge in [-0.15, -0.1) is 0 Å². The summed E-state index contributed by atoms with van der Waals surface area (Å²) in [5, 5.41) is 28.3. The van der Waals surface area contributed by atoms with Gasteiger partial charge in [0.05, 0.1) is 25.9 Å². The van der Waals surface area contributed by atoms with Crippen molar-refractivity contribution in [1.82, 2.24) is 0 Å². The van der Waals surface area contributed by atoms with E-state index in [-0.39, 0.29) is 19.4 Å². The molecule has 12 heteroatoms. The van der Waals surface area contributed by atoms with Crippen LogP contribution in [0.4, 0.5) is 0 Å². The molecule has 320 valence electrons. The lowest BCUT2D eigenvalue weighted by Gasteiger charge is -2.20. The molecule has 0 radical (unpaired) electrons. The molecule has 0 aliphatic rings. The lowest BCUT2D eigenvalue weighted by molar-refractivity contribution is -0.161. The van der Waals surface area contributed by atoms with E-state index in [4.69, 9.17) is 19.1 Å². The Kier molecular flexibility index (Phi) is 36.0. The Bertz CT molecular complexity index is 1090. The van der Waals surface area contributed by atoms with Crippen LogP contribution < -0.4 is 0 Å². The minimum atomic E-state index is -4.64.